The smallest absolute Gasteiger partial charge is 0.0468 e. The molecule has 1 heterocycles. The molecule has 0 fully saturated rings. The highest BCUT2D eigenvalue weighted by molar-refractivity contribution is 7.10. The van der Waals surface area contributed by atoms with Crippen LogP contribution in [0.3, 0.4) is 0 Å². The van der Waals surface area contributed by atoms with Crippen LogP contribution in [0.4, 0.5) is 5.69 Å². The number of hydrogen-bond donors (Lipinski definition) is 2. The fraction of sp³-hybridized carbons (Fsp3) is 0.600. The van der Waals surface area contributed by atoms with Gasteiger partial charge in [-0.15, -0.1) is 11.3 Å². The largest absolute Gasteiger partial charge is 0.398 e. The predicted molar refractivity (Wildman–Crippen MR) is 59.9 cm³/mol. The van der Waals surface area contributed by atoms with E-state index in [0.29, 0.717) is 0 Å². The van der Waals surface area contributed by atoms with Gasteiger partial charge in [-0.1, -0.05) is 13.8 Å². The van der Waals surface area contributed by atoms with E-state index in [-0.39, 0.29) is 0 Å². The number of nitrogens with two attached hydrogens (primary N) is 1. The molecule has 0 aliphatic rings. The minimum absolute atomic E-state index is 0.771. The number of anilines is 1. The third-order valence-corrected chi connectivity index (χ3v) is 2.90. The lowest BCUT2D eigenvalue weighted by Crippen LogP contribution is -2.16. The third-order valence-electron chi connectivity index (χ3n) is 1.96. The van der Waals surface area contributed by atoms with Crippen molar-refractivity contribution in [3.8, 4) is 0 Å². The van der Waals surface area contributed by atoms with E-state index in [1.807, 2.05) is 11.4 Å². The van der Waals surface area contributed by atoms with Crippen LogP contribution in [0.25, 0.3) is 0 Å². The van der Waals surface area contributed by atoms with Gasteiger partial charge in [0.15, 0.2) is 0 Å². The monoisotopic (exact) mass is 198 g/mol. The van der Waals surface area contributed by atoms with Crippen molar-refractivity contribution in [3.05, 3.63) is 16.3 Å². The molecule has 1 aromatic heterocycles. The van der Waals surface area contributed by atoms with Crippen molar-refractivity contribution in [1.29, 1.82) is 0 Å². The minimum Gasteiger partial charge on any atom is -0.398 e. The van der Waals surface area contributed by atoms with Crippen LogP contribution in [0, 0.1) is 5.92 Å². The zero-order valence-electron chi connectivity index (χ0n) is 8.34. The summed E-state index contributed by atoms with van der Waals surface area (Å²) < 4.78 is 0. The first-order valence-electron chi connectivity index (χ1n) is 4.72. The lowest BCUT2D eigenvalue weighted by atomic mass is 10.1. The number of nitrogens with one attached hydrogen (secondary N) is 1. The molecule has 0 saturated carbocycles. The molecule has 0 unspecified atom stereocenters. The molecule has 1 aromatic rings. The molecule has 0 aliphatic carbocycles. The van der Waals surface area contributed by atoms with Gasteiger partial charge in [-0.3, -0.25) is 0 Å². The Morgan fingerprint density at radius 1 is 1.54 bits per heavy atom. The molecular formula is C10H18N2S. The lowest BCUT2D eigenvalue weighted by molar-refractivity contribution is 0.539. The average Bonchev–Trinajstić information content (AvgIpc) is 2.45. The Kier molecular flexibility index (Phi) is 4.25. The second kappa shape index (κ2) is 5.25. The maximum absolute atomic E-state index is 5.75. The molecule has 0 aliphatic heterocycles. The highest BCUT2D eigenvalue weighted by Crippen LogP contribution is 2.17. The fourth-order valence-corrected chi connectivity index (χ4v) is 1.86. The molecule has 3 heteroatoms. The van der Waals surface area contributed by atoms with Crippen LogP contribution in [0.1, 0.15) is 25.1 Å². The van der Waals surface area contributed by atoms with Gasteiger partial charge in [-0.05, 0) is 30.3 Å². The predicted octanol–water partition coefficient (Wildman–Crippen LogP) is 2.47. The van der Waals surface area contributed by atoms with E-state index in [0.717, 1.165) is 24.7 Å². The van der Waals surface area contributed by atoms with Gasteiger partial charge in [0.2, 0.25) is 0 Å². The van der Waals surface area contributed by atoms with Gasteiger partial charge in [-0.2, -0.15) is 0 Å². The summed E-state index contributed by atoms with van der Waals surface area (Å²) in [7, 11) is 0. The summed E-state index contributed by atoms with van der Waals surface area (Å²) in [6.07, 6.45) is 1.23. The molecule has 0 bridgehead atoms. The number of rotatable bonds is 5. The standard InChI is InChI=1S/C10H18N2S/c1-8(2)3-5-12-7-10-9(11)4-6-13-10/h4,6,8,12H,3,5,7,11H2,1-2H3. The van der Waals surface area contributed by atoms with E-state index in [2.05, 4.69) is 19.2 Å². The molecule has 1 rings (SSSR count). The first kappa shape index (κ1) is 10.5. The van der Waals surface area contributed by atoms with Crippen molar-refractivity contribution in [2.24, 2.45) is 5.92 Å². The fourth-order valence-electron chi connectivity index (χ4n) is 1.09. The van der Waals surface area contributed by atoms with Gasteiger partial charge in [0.25, 0.3) is 0 Å². The Balaban J connectivity index is 2.17. The Morgan fingerprint density at radius 2 is 2.31 bits per heavy atom. The molecule has 0 saturated heterocycles. The topological polar surface area (TPSA) is 38.0 Å². The molecule has 74 valence electrons. The van der Waals surface area contributed by atoms with Gasteiger partial charge in [0.1, 0.15) is 0 Å². The third kappa shape index (κ3) is 3.79. The summed E-state index contributed by atoms with van der Waals surface area (Å²) in [5.41, 5.74) is 6.67. The molecular weight excluding hydrogens is 180 g/mol. The van der Waals surface area contributed by atoms with Gasteiger partial charge in [-0.25, -0.2) is 0 Å². The normalized spacial score (nSPS) is 11.0. The summed E-state index contributed by atoms with van der Waals surface area (Å²) in [5, 5.41) is 5.43. The Hall–Kier alpha value is -0.540. The van der Waals surface area contributed by atoms with Crippen molar-refractivity contribution in [2.45, 2.75) is 26.8 Å². The highest BCUT2D eigenvalue weighted by Gasteiger charge is 1.99. The Morgan fingerprint density at radius 3 is 2.85 bits per heavy atom. The van der Waals surface area contributed by atoms with Crippen molar-refractivity contribution < 1.29 is 0 Å². The molecule has 0 amide bonds. The van der Waals surface area contributed by atoms with E-state index in [9.17, 15) is 0 Å². The van der Waals surface area contributed by atoms with E-state index in [4.69, 9.17) is 5.73 Å². The van der Waals surface area contributed by atoms with Crippen LogP contribution < -0.4 is 11.1 Å². The van der Waals surface area contributed by atoms with Crippen LogP contribution in [0.2, 0.25) is 0 Å². The van der Waals surface area contributed by atoms with Gasteiger partial charge < -0.3 is 11.1 Å². The molecule has 0 atom stereocenters. The van der Waals surface area contributed by atoms with Gasteiger partial charge in [0, 0.05) is 17.1 Å². The van der Waals surface area contributed by atoms with Crippen molar-refractivity contribution in [1.82, 2.24) is 5.32 Å². The van der Waals surface area contributed by atoms with E-state index < -0.39 is 0 Å². The lowest BCUT2D eigenvalue weighted by Gasteiger charge is -2.05. The van der Waals surface area contributed by atoms with E-state index in [1.165, 1.54) is 11.3 Å². The number of nitrogen functional groups attached to an aromatic ring is 1. The zero-order chi connectivity index (χ0) is 9.68. The summed E-state index contributed by atoms with van der Waals surface area (Å²) in [4.78, 5) is 1.25. The summed E-state index contributed by atoms with van der Waals surface area (Å²) in [6.45, 7) is 6.47. The maximum Gasteiger partial charge on any atom is 0.0468 e. The van der Waals surface area contributed by atoms with Gasteiger partial charge in [0.05, 0.1) is 0 Å². The summed E-state index contributed by atoms with van der Waals surface area (Å²) in [6, 6.07) is 1.96. The average molecular weight is 198 g/mol. The summed E-state index contributed by atoms with van der Waals surface area (Å²) >= 11 is 1.72. The SMILES string of the molecule is CC(C)CCNCc1sccc1N. The van der Waals surface area contributed by atoms with Crippen molar-refractivity contribution in [3.63, 3.8) is 0 Å². The van der Waals surface area contributed by atoms with Crippen molar-refractivity contribution >= 4 is 17.0 Å². The van der Waals surface area contributed by atoms with E-state index >= 15 is 0 Å². The second-order valence-electron chi connectivity index (χ2n) is 3.66. The molecule has 0 aromatic carbocycles. The molecule has 2 nitrogen and oxygen atoms in total. The Bertz CT molecular complexity index is 243. The van der Waals surface area contributed by atoms with Crippen molar-refractivity contribution in [2.75, 3.05) is 12.3 Å². The number of thiophene rings is 1. The van der Waals surface area contributed by atoms with Gasteiger partial charge >= 0.3 is 0 Å². The van der Waals surface area contributed by atoms with E-state index in [1.54, 1.807) is 11.3 Å². The first-order valence-corrected chi connectivity index (χ1v) is 5.60. The zero-order valence-corrected chi connectivity index (χ0v) is 9.16. The quantitative estimate of drug-likeness (QED) is 0.713. The number of hydrogen-bond acceptors (Lipinski definition) is 3. The van der Waals surface area contributed by atoms with Crippen LogP contribution in [-0.2, 0) is 6.54 Å². The molecule has 0 spiro atoms. The van der Waals surface area contributed by atoms with Crippen LogP contribution in [0.15, 0.2) is 11.4 Å². The molecule has 13 heavy (non-hydrogen) atoms. The van der Waals surface area contributed by atoms with Crippen LogP contribution >= 0.6 is 11.3 Å². The highest BCUT2D eigenvalue weighted by atomic mass is 32.1. The second-order valence-corrected chi connectivity index (χ2v) is 4.66. The maximum atomic E-state index is 5.75. The molecule has 3 N–H and O–H groups in total. The Labute approximate surface area is 84.2 Å². The van der Waals surface area contributed by atoms with Crippen LogP contribution in [0.5, 0.6) is 0 Å². The minimum atomic E-state index is 0.771. The first-order chi connectivity index (χ1) is 6.20. The summed E-state index contributed by atoms with van der Waals surface area (Å²) in [5.74, 6) is 0.771. The molecule has 0 radical (unpaired) electrons. The van der Waals surface area contributed by atoms with Crippen LogP contribution in [-0.4, -0.2) is 6.54 Å².